The first-order chi connectivity index (χ1) is 8.46. The van der Waals surface area contributed by atoms with Crippen LogP contribution in [0.2, 0.25) is 0 Å². The molecule has 0 unspecified atom stereocenters. The van der Waals surface area contributed by atoms with E-state index in [1.54, 1.807) is 7.11 Å². The summed E-state index contributed by atoms with van der Waals surface area (Å²) in [6.07, 6.45) is 1.13. The van der Waals surface area contributed by atoms with Gasteiger partial charge in [-0.3, -0.25) is 0 Å². The molecule has 1 aromatic rings. The quantitative estimate of drug-likeness (QED) is 0.764. The van der Waals surface area contributed by atoms with Gasteiger partial charge in [0.2, 0.25) is 0 Å². The maximum Gasteiger partial charge on any atom is 0.119 e. The van der Waals surface area contributed by atoms with E-state index in [2.05, 4.69) is 58.0 Å². The van der Waals surface area contributed by atoms with Crippen molar-refractivity contribution < 1.29 is 4.74 Å². The van der Waals surface area contributed by atoms with Crippen LogP contribution in [0, 0.1) is 5.92 Å². The molecule has 0 amide bonds. The monoisotopic (exact) mass is 249 g/mol. The van der Waals surface area contributed by atoms with E-state index in [4.69, 9.17) is 4.74 Å². The minimum absolute atomic E-state index is 0.192. The first-order valence-electron chi connectivity index (χ1n) is 6.75. The Morgan fingerprint density at radius 3 is 2.39 bits per heavy atom. The summed E-state index contributed by atoms with van der Waals surface area (Å²) in [6, 6.07) is 8.53. The van der Waals surface area contributed by atoms with E-state index in [0.29, 0.717) is 5.92 Å². The molecular formula is C16H27NO. The van der Waals surface area contributed by atoms with Crippen molar-refractivity contribution in [3.05, 3.63) is 29.8 Å². The molecule has 0 aromatic heterocycles. The second kappa shape index (κ2) is 6.24. The lowest BCUT2D eigenvalue weighted by Crippen LogP contribution is -2.41. The van der Waals surface area contributed by atoms with Crippen LogP contribution in [0.25, 0.3) is 0 Å². The number of likely N-dealkylation sites (N-methyl/N-ethyl adjacent to an activating group) is 1. The number of ether oxygens (including phenoxy) is 1. The summed E-state index contributed by atoms with van der Waals surface area (Å²) in [7, 11) is 6.02. The molecular weight excluding hydrogens is 222 g/mol. The normalized spacial score (nSPS) is 14.9. The number of hydrogen-bond donors (Lipinski definition) is 0. The maximum absolute atomic E-state index is 5.37. The molecule has 0 fully saturated rings. The van der Waals surface area contributed by atoms with Crippen molar-refractivity contribution in [3.63, 3.8) is 0 Å². The summed E-state index contributed by atoms with van der Waals surface area (Å²) in [6.45, 7) is 7.97. The molecule has 1 atom stereocenters. The minimum atomic E-state index is 0.192. The van der Waals surface area contributed by atoms with E-state index < -0.39 is 0 Å². The summed E-state index contributed by atoms with van der Waals surface area (Å²) >= 11 is 0. The fourth-order valence-corrected chi connectivity index (χ4v) is 2.83. The standard InChI is InChI=1S/C16H27NO/c1-7-16(13(2)3,12-17(4)5)14-9-8-10-15(11-14)18-6/h8-11,13H,7,12H2,1-6H3/t16-/m1/s1. The number of hydrogen-bond acceptors (Lipinski definition) is 2. The third-order valence-electron chi connectivity index (χ3n) is 3.98. The zero-order chi connectivity index (χ0) is 13.8. The van der Waals surface area contributed by atoms with Gasteiger partial charge in [-0.2, -0.15) is 0 Å². The lowest BCUT2D eigenvalue weighted by Gasteiger charge is -2.40. The van der Waals surface area contributed by atoms with E-state index in [1.165, 1.54) is 5.56 Å². The number of methoxy groups -OCH3 is 1. The van der Waals surface area contributed by atoms with Crippen LogP contribution < -0.4 is 4.74 Å². The van der Waals surface area contributed by atoms with Gasteiger partial charge in [0.05, 0.1) is 7.11 Å². The molecule has 0 aliphatic carbocycles. The average Bonchev–Trinajstić information content (AvgIpc) is 2.35. The van der Waals surface area contributed by atoms with Crippen LogP contribution in [0.4, 0.5) is 0 Å². The smallest absolute Gasteiger partial charge is 0.119 e. The van der Waals surface area contributed by atoms with Crippen LogP contribution in [0.15, 0.2) is 24.3 Å². The van der Waals surface area contributed by atoms with Crippen molar-refractivity contribution in [2.24, 2.45) is 5.92 Å². The van der Waals surface area contributed by atoms with Gasteiger partial charge in [-0.1, -0.05) is 32.9 Å². The van der Waals surface area contributed by atoms with E-state index in [0.717, 1.165) is 18.7 Å². The molecule has 1 rings (SSSR count). The zero-order valence-corrected chi connectivity index (χ0v) is 12.7. The Morgan fingerprint density at radius 1 is 1.28 bits per heavy atom. The predicted molar refractivity (Wildman–Crippen MR) is 78.4 cm³/mol. The second-order valence-electron chi connectivity index (χ2n) is 5.63. The maximum atomic E-state index is 5.37. The molecule has 0 bridgehead atoms. The lowest BCUT2D eigenvalue weighted by atomic mass is 9.69. The molecule has 0 aliphatic rings. The van der Waals surface area contributed by atoms with Gasteiger partial charge in [0, 0.05) is 12.0 Å². The van der Waals surface area contributed by atoms with E-state index in [1.807, 2.05) is 6.07 Å². The Bertz CT molecular complexity index is 373. The molecule has 0 radical (unpaired) electrons. The third kappa shape index (κ3) is 3.05. The van der Waals surface area contributed by atoms with E-state index >= 15 is 0 Å². The van der Waals surface area contributed by atoms with Crippen molar-refractivity contribution in [1.29, 1.82) is 0 Å². The molecule has 0 aliphatic heterocycles. The van der Waals surface area contributed by atoms with Gasteiger partial charge >= 0.3 is 0 Å². The fraction of sp³-hybridized carbons (Fsp3) is 0.625. The summed E-state index contributed by atoms with van der Waals surface area (Å²) in [5.74, 6) is 1.54. The van der Waals surface area contributed by atoms with Crippen LogP contribution in [0.5, 0.6) is 5.75 Å². The van der Waals surface area contributed by atoms with Crippen LogP contribution in [0.1, 0.15) is 32.8 Å². The molecule has 2 nitrogen and oxygen atoms in total. The largest absolute Gasteiger partial charge is 0.497 e. The molecule has 18 heavy (non-hydrogen) atoms. The summed E-state index contributed by atoms with van der Waals surface area (Å²) in [5.41, 5.74) is 1.57. The third-order valence-corrected chi connectivity index (χ3v) is 3.98. The zero-order valence-electron chi connectivity index (χ0n) is 12.7. The van der Waals surface area contributed by atoms with Gasteiger partial charge in [-0.25, -0.2) is 0 Å². The predicted octanol–water partition coefficient (Wildman–Crippen LogP) is 3.56. The van der Waals surface area contributed by atoms with Gasteiger partial charge in [-0.05, 0) is 44.1 Å². The molecule has 0 saturated heterocycles. The Kier molecular flexibility index (Phi) is 5.21. The van der Waals surface area contributed by atoms with Crippen LogP contribution in [-0.2, 0) is 5.41 Å². The van der Waals surface area contributed by atoms with Crippen LogP contribution in [-0.4, -0.2) is 32.6 Å². The van der Waals surface area contributed by atoms with Crippen molar-refractivity contribution in [2.75, 3.05) is 27.7 Å². The molecule has 102 valence electrons. The minimum Gasteiger partial charge on any atom is -0.497 e. The van der Waals surface area contributed by atoms with Gasteiger partial charge in [-0.15, -0.1) is 0 Å². The van der Waals surface area contributed by atoms with Crippen molar-refractivity contribution in [1.82, 2.24) is 4.90 Å². The van der Waals surface area contributed by atoms with Crippen LogP contribution in [0.3, 0.4) is 0 Å². The van der Waals surface area contributed by atoms with Crippen molar-refractivity contribution >= 4 is 0 Å². The molecule has 2 heteroatoms. The highest BCUT2D eigenvalue weighted by atomic mass is 16.5. The van der Waals surface area contributed by atoms with Crippen molar-refractivity contribution in [2.45, 2.75) is 32.6 Å². The summed E-state index contributed by atoms with van der Waals surface area (Å²) in [5, 5.41) is 0. The SMILES string of the molecule is CC[C@](CN(C)C)(c1cccc(OC)c1)C(C)C. The van der Waals surface area contributed by atoms with E-state index in [9.17, 15) is 0 Å². The average molecular weight is 249 g/mol. The van der Waals surface area contributed by atoms with Gasteiger partial charge in [0.1, 0.15) is 5.75 Å². The number of nitrogens with zero attached hydrogens (tertiary/aromatic N) is 1. The highest BCUT2D eigenvalue weighted by Crippen LogP contribution is 2.37. The lowest BCUT2D eigenvalue weighted by molar-refractivity contribution is 0.210. The van der Waals surface area contributed by atoms with Crippen LogP contribution >= 0.6 is 0 Å². The molecule has 0 heterocycles. The van der Waals surface area contributed by atoms with Gasteiger partial charge < -0.3 is 9.64 Å². The fourth-order valence-electron chi connectivity index (χ4n) is 2.83. The molecule has 0 spiro atoms. The summed E-state index contributed by atoms with van der Waals surface area (Å²) < 4.78 is 5.37. The van der Waals surface area contributed by atoms with Crippen molar-refractivity contribution in [3.8, 4) is 5.75 Å². The Balaban J connectivity index is 3.23. The Hall–Kier alpha value is -1.02. The topological polar surface area (TPSA) is 12.5 Å². The number of rotatable bonds is 6. The molecule has 0 N–H and O–H groups in total. The first kappa shape index (κ1) is 15.0. The first-order valence-corrected chi connectivity index (χ1v) is 6.75. The van der Waals surface area contributed by atoms with E-state index in [-0.39, 0.29) is 5.41 Å². The summed E-state index contributed by atoms with van der Waals surface area (Å²) in [4.78, 5) is 2.28. The highest BCUT2D eigenvalue weighted by molar-refractivity contribution is 5.34. The molecule has 1 aromatic carbocycles. The highest BCUT2D eigenvalue weighted by Gasteiger charge is 2.34. The van der Waals surface area contributed by atoms with Gasteiger partial charge in [0.15, 0.2) is 0 Å². The van der Waals surface area contributed by atoms with Gasteiger partial charge in [0.25, 0.3) is 0 Å². The number of benzene rings is 1. The molecule has 0 saturated carbocycles. The Morgan fingerprint density at radius 2 is 1.94 bits per heavy atom. The Labute approximate surface area is 112 Å². The second-order valence-corrected chi connectivity index (χ2v) is 5.63.